The van der Waals surface area contributed by atoms with Gasteiger partial charge in [-0.2, -0.15) is 0 Å². The molecule has 0 fully saturated rings. The van der Waals surface area contributed by atoms with Gasteiger partial charge in [0.15, 0.2) is 0 Å². The smallest absolute Gasteiger partial charge is 0.346 e. The maximum atomic E-state index is 11.0. The van der Waals surface area contributed by atoms with Crippen molar-refractivity contribution in [2.24, 2.45) is 0 Å². The van der Waals surface area contributed by atoms with E-state index in [0.717, 1.165) is 15.9 Å². The van der Waals surface area contributed by atoms with E-state index in [9.17, 15) is 4.79 Å². The number of carbonyl (C=O) groups is 1. The summed E-state index contributed by atoms with van der Waals surface area (Å²) in [4.78, 5) is 13.6. The fourth-order valence-corrected chi connectivity index (χ4v) is 3.69. The molecule has 0 bridgehead atoms. The van der Waals surface area contributed by atoms with Gasteiger partial charge in [-0.05, 0) is 57.0 Å². The molecule has 0 radical (unpaired) electrons. The summed E-state index contributed by atoms with van der Waals surface area (Å²) in [7, 11) is 1.99. The number of nitrogens with zero attached hydrogens (tertiary/aromatic N) is 1. The summed E-state index contributed by atoms with van der Waals surface area (Å²) < 4.78 is 1.12. The van der Waals surface area contributed by atoms with Gasteiger partial charge in [-0.1, -0.05) is 0 Å². The Labute approximate surface area is 122 Å². The highest BCUT2D eigenvalue weighted by molar-refractivity contribution is 9.11. The molecule has 2 aromatic heterocycles. The number of halogens is 1. The Bertz CT molecular complexity index is 550. The summed E-state index contributed by atoms with van der Waals surface area (Å²) >= 11 is 6.38. The minimum atomic E-state index is -0.841. The predicted molar refractivity (Wildman–Crippen MR) is 78.5 cm³/mol. The molecule has 2 heterocycles. The van der Waals surface area contributed by atoms with Gasteiger partial charge in [-0.25, -0.2) is 4.79 Å². The Morgan fingerprint density at radius 1 is 1.44 bits per heavy atom. The standard InChI is InChI=1S/C12H12BrNO2S2/c1-14(5-8-4-10(13)18-7-8)6-9-2-3-17-11(9)12(15)16/h2-4,7H,5-6H2,1H3,(H,15,16). The van der Waals surface area contributed by atoms with E-state index in [1.165, 1.54) is 16.9 Å². The van der Waals surface area contributed by atoms with Gasteiger partial charge in [0, 0.05) is 13.1 Å². The second-order valence-corrected chi connectivity index (χ2v) is 7.22. The summed E-state index contributed by atoms with van der Waals surface area (Å²) in [5, 5.41) is 13.0. The van der Waals surface area contributed by atoms with Crippen LogP contribution in [-0.4, -0.2) is 23.0 Å². The SMILES string of the molecule is CN(Cc1csc(Br)c1)Cc1ccsc1C(=O)O. The van der Waals surface area contributed by atoms with Crippen molar-refractivity contribution in [2.45, 2.75) is 13.1 Å². The van der Waals surface area contributed by atoms with E-state index in [1.807, 2.05) is 18.5 Å². The van der Waals surface area contributed by atoms with Gasteiger partial charge in [-0.3, -0.25) is 4.90 Å². The van der Waals surface area contributed by atoms with Crippen LogP contribution in [0.15, 0.2) is 26.7 Å². The van der Waals surface area contributed by atoms with Crippen LogP contribution < -0.4 is 0 Å². The van der Waals surface area contributed by atoms with Crippen LogP contribution >= 0.6 is 38.6 Å². The number of aromatic carboxylic acids is 1. The number of rotatable bonds is 5. The molecule has 0 aromatic carbocycles. The molecule has 3 nitrogen and oxygen atoms in total. The zero-order valence-electron chi connectivity index (χ0n) is 9.72. The number of hydrogen-bond donors (Lipinski definition) is 1. The highest BCUT2D eigenvalue weighted by Crippen LogP contribution is 2.23. The summed E-state index contributed by atoms with van der Waals surface area (Å²) in [6.07, 6.45) is 0. The largest absolute Gasteiger partial charge is 0.477 e. The van der Waals surface area contributed by atoms with Gasteiger partial charge >= 0.3 is 5.97 Å². The van der Waals surface area contributed by atoms with E-state index in [1.54, 1.807) is 11.3 Å². The number of carboxylic acid groups (broad SMARTS) is 1. The minimum Gasteiger partial charge on any atom is -0.477 e. The first-order valence-corrected chi connectivity index (χ1v) is 7.82. The van der Waals surface area contributed by atoms with Crippen LogP contribution in [0.2, 0.25) is 0 Å². The van der Waals surface area contributed by atoms with Crippen LogP contribution in [0.3, 0.4) is 0 Å². The molecule has 0 unspecified atom stereocenters. The lowest BCUT2D eigenvalue weighted by atomic mass is 10.2. The normalized spacial score (nSPS) is 11.1. The van der Waals surface area contributed by atoms with Crippen molar-refractivity contribution in [2.75, 3.05) is 7.05 Å². The van der Waals surface area contributed by atoms with Gasteiger partial charge in [0.05, 0.1) is 3.79 Å². The van der Waals surface area contributed by atoms with Gasteiger partial charge in [0.25, 0.3) is 0 Å². The van der Waals surface area contributed by atoms with E-state index in [2.05, 4.69) is 32.3 Å². The summed E-state index contributed by atoms with van der Waals surface area (Å²) in [6, 6.07) is 3.97. The second-order valence-electron chi connectivity index (χ2n) is 4.01. The van der Waals surface area contributed by atoms with Crippen LogP contribution in [-0.2, 0) is 13.1 Å². The van der Waals surface area contributed by atoms with E-state index < -0.39 is 5.97 Å². The number of hydrogen-bond acceptors (Lipinski definition) is 4. The Balaban J connectivity index is 2.00. The van der Waals surface area contributed by atoms with Crippen molar-refractivity contribution in [3.8, 4) is 0 Å². The van der Waals surface area contributed by atoms with Crippen LogP contribution in [0.5, 0.6) is 0 Å². The van der Waals surface area contributed by atoms with Crippen molar-refractivity contribution in [3.63, 3.8) is 0 Å². The molecule has 1 N–H and O–H groups in total. The maximum absolute atomic E-state index is 11.0. The third kappa shape index (κ3) is 3.41. The van der Waals surface area contributed by atoms with Crippen molar-refractivity contribution >= 4 is 44.6 Å². The quantitative estimate of drug-likeness (QED) is 0.893. The molecule has 0 saturated heterocycles. The third-order valence-electron chi connectivity index (χ3n) is 2.46. The summed E-state index contributed by atoms with van der Waals surface area (Å²) in [6.45, 7) is 1.47. The van der Waals surface area contributed by atoms with Crippen molar-refractivity contribution in [1.82, 2.24) is 4.90 Å². The average molecular weight is 346 g/mol. The lowest BCUT2D eigenvalue weighted by molar-refractivity contribution is 0.0700. The lowest BCUT2D eigenvalue weighted by Gasteiger charge is -2.15. The molecule has 0 aliphatic carbocycles. The molecule has 0 atom stereocenters. The Hall–Kier alpha value is -0.690. The minimum absolute atomic E-state index is 0.438. The summed E-state index contributed by atoms with van der Waals surface area (Å²) in [5.74, 6) is -0.841. The molecular formula is C12H12BrNO2S2. The molecule has 6 heteroatoms. The summed E-state index contributed by atoms with van der Waals surface area (Å²) in [5.41, 5.74) is 2.12. The van der Waals surface area contributed by atoms with Crippen LogP contribution in [0.4, 0.5) is 0 Å². The van der Waals surface area contributed by atoms with Crippen LogP contribution in [0.1, 0.15) is 20.8 Å². The maximum Gasteiger partial charge on any atom is 0.346 e. The van der Waals surface area contributed by atoms with E-state index in [0.29, 0.717) is 11.4 Å². The van der Waals surface area contributed by atoms with Crippen molar-refractivity contribution < 1.29 is 9.90 Å². The third-order valence-corrected chi connectivity index (χ3v) is 4.95. The van der Waals surface area contributed by atoms with E-state index in [4.69, 9.17) is 5.11 Å². The first-order valence-electron chi connectivity index (χ1n) is 5.27. The van der Waals surface area contributed by atoms with Crippen LogP contribution in [0, 0.1) is 0 Å². The Morgan fingerprint density at radius 2 is 2.22 bits per heavy atom. The zero-order chi connectivity index (χ0) is 13.1. The highest BCUT2D eigenvalue weighted by Gasteiger charge is 2.13. The molecule has 0 aliphatic heterocycles. The average Bonchev–Trinajstić information content (AvgIpc) is 2.87. The number of thiophene rings is 2. The topological polar surface area (TPSA) is 40.5 Å². The second kappa shape index (κ2) is 5.97. The fraction of sp³-hybridized carbons (Fsp3) is 0.250. The molecule has 2 rings (SSSR count). The molecule has 18 heavy (non-hydrogen) atoms. The van der Waals surface area contributed by atoms with Crippen molar-refractivity contribution in [3.05, 3.63) is 42.7 Å². The molecular weight excluding hydrogens is 334 g/mol. The predicted octanol–water partition coefficient (Wildman–Crippen LogP) is 3.90. The van der Waals surface area contributed by atoms with E-state index >= 15 is 0 Å². The Kier molecular flexibility index (Phi) is 4.55. The first-order chi connectivity index (χ1) is 8.56. The van der Waals surface area contributed by atoms with Gasteiger partial charge < -0.3 is 5.11 Å². The molecule has 0 aliphatic rings. The molecule has 96 valence electrons. The molecule has 0 amide bonds. The first kappa shape index (κ1) is 13.7. The Morgan fingerprint density at radius 3 is 2.83 bits per heavy atom. The lowest BCUT2D eigenvalue weighted by Crippen LogP contribution is -2.17. The monoisotopic (exact) mass is 345 g/mol. The molecule has 2 aromatic rings. The van der Waals surface area contributed by atoms with Gasteiger partial charge in [0.1, 0.15) is 4.88 Å². The van der Waals surface area contributed by atoms with Gasteiger partial charge in [-0.15, -0.1) is 22.7 Å². The molecule has 0 spiro atoms. The van der Waals surface area contributed by atoms with Crippen LogP contribution in [0.25, 0.3) is 0 Å². The number of carboxylic acids is 1. The zero-order valence-corrected chi connectivity index (χ0v) is 12.9. The fourth-order valence-electron chi connectivity index (χ4n) is 1.73. The van der Waals surface area contributed by atoms with Gasteiger partial charge in [0.2, 0.25) is 0 Å². The van der Waals surface area contributed by atoms with Crippen molar-refractivity contribution in [1.29, 1.82) is 0 Å². The van der Waals surface area contributed by atoms with E-state index in [-0.39, 0.29) is 0 Å². The molecule has 0 saturated carbocycles. The highest BCUT2D eigenvalue weighted by atomic mass is 79.9.